The summed E-state index contributed by atoms with van der Waals surface area (Å²) in [5.74, 6) is 0.528. The largest absolute Gasteiger partial charge is 0.357 e. The quantitative estimate of drug-likeness (QED) is 0.857. The Morgan fingerprint density at radius 1 is 1.24 bits per heavy atom. The first-order chi connectivity index (χ1) is 11.8. The predicted molar refractivity (Wildman–Crippen MR) is 93.7 cm³/mol. The summed E-state index contributed by atoms with van der Waals surface area (Å²) in [6.07, 6.45) is 2.24. The molecule has 0 spiro atoms. The van der Waals surface area contributed by atoms with Gasteiger partial charge in [-0.1, -0.05) is 11.6 Å². The summed E-state index contributed by atoms with van der Waals surface area (Å²) in [7, 11) is -3.84. The number of halogens is 2. The van der Waals surface area contributed by atoms with Crippen LogP contribution in [0, 0.1) is 12.7 Å². The van der Waals surface area contributed by atoms with Crippen LogP contribution in [0.2, 0.25) is 5.02 Å². The second-order valence-corrected chi connectivity index (χ2v) is 8.05. The van der Waals surface area contributed by atoms with Gasteiger partial charge in [-0.05, 0) is 38.0 Å². The van der Waals surface area contributed by atoms with Gasteiger partial charge in [0.15, 0.2) is 0 Å². The lowest BCUT2D eigenvalue weighted by Crippen LogP contribution is -2.26. The number of nitrogens with one attached hydrogen (secondary N) is 1. The number of sulfonamides is 1. The van der Waals surface area contributed by atoms with E-state index in [4.69, 9.17) is 11.6 Å². The summed E-state index contributed by atoms with van der Waals surface area (Å²) >= 11 is 5.65. The standard InChI is InChI=1S/C16H18ClFN4O2S/c1-11-8-16(22-6-2-3-7-22)21-15(20-11)10-19-25(23,24)12-4-5-14(18)13(17)9-12/h4-5,8-9,19H,2-3,6-7,10H2,1H3. The molecule has 3 rings (SSSR count). The molecule has 0 bridgehead atoms. The van der Waals surface area contributed by atoms with Crippen molar-refractivity contribution in [3.05, 3.63) is 46.6 Å². The predicted octanol–water partition coefficient (Wildman–Crippen LogP) is 2.66. The Morgan fingerprint density at radius 2 is 1.96 bits per heavy atom. The molecule has 0 atom stereocenters. The molecule has 134 valence electrons. The Balaban J connectivity index is 1.77. The first-order valence-corrected chi connectivity index (χ1v) is 9.75. The van der Waals surface area contributed by atoms with E-state index in [9.17, 15) is 12.8 Å². The molecule has 6 nitrogen and oxygen atoms in total. The Hall–Kier alpha value is -1.77. The molecule has 0 saturated carbocycles. The van der Waals surface area contributed by atoms with E-state index in [0.717, 1.165) is 55.6 Å². The lowest BCUT2D eigenvalue weighted by molar-refractivity contribution is 0.578. The molecular weight excluding hydrogens is 367 g/mol. The number of hydrogen-bond acceptors (Lipinski definition) is 5. The Bertz CT molecular complexity index is 886. The van der Waals surface area contributed by atoms with Crippen molar-refractivity contribution in [2.75, 3.05) is 18.0 Å². The normalized spacial score (nSPS) is 14.9. The van der Waals surface area contributed by atoms with E-state index in [0.29, 0.717) is 5.82 Å². The molecule has 0 radical (unpaired) electrons. The third-order valence-electron chi connectivity index (χ3n) is 3.94. The number of aryl methyl sites for hydroxylation is 1. The highest BCUT2D eigenvalue weighted by atomic mass is 35.5. The molecule has 25 heavy (non-hydrogen) atoms. The molecule has 1 aliphatic heterocycles. The highest BCUT2D eigenvalue weighted by Gasteiger charge is 2.18. The monoisotopic (exact) mass is 384 g/mol. The van der Waals surface area contributed by atoms with Crippen molar-refractivity contribution in [1.82, 2.24) is 14.7 Å². The summed E-state index contributed by atoms with van der Waals surface area (Å²) in [4.78, 5) is 10.8. The van der Waals surface area contributed by atoms with Gasteiger partial charge in [0, 0.05) is 24.8 Å². The van der Waals surface area contributed by atoms with E-state index < -0.39 is 15.8 Å². The fraction of sp³-hybridized carbons (Fsp3) is 0.375. The third-order valence-corrected chi connectivity index (χ3v) is 5.63. The molecule has 0 amide bonds. The maximum absolute atomic E-state index is 13.2. The van der Waals surface area contributed by atoms with Crippen molar-refractivity contribution in [2.45, 2.75) is 31.2 Å². The lowest BCUT2D eigenvalue weighted by Gasteiger charge is -2.17. The number of benzene rings is 1. The van der Waals surface area contributed by atoms with E-state index in [1.54, 1.807) is 0 Å². The molecule has 2 aromatic rings. The first kappa shape index (κ1) is 18.0. The number of anilines is 1. The van der Waals surface area contributed by atoms with Gasteiger partial charge >= 0.3 is 0 Å². The number of aromatic nitrogens is 2. The average molecular weight is 385 g/mol. The lowest BCUT2D eigenvalue weighted by atomic mass is 10.3. The highest BCUT2D eigenvalue weighted by Crippen LogP contribution is 2.20. The van der Waals surface area contributed by atoms with Gasteiger partial charge in [0.2, 0.25) is 10.0 Å². The molecule has 1 saturated heterocycles. The van der Waals surface area contributed by atoms with E-state index in [2.05, 4.69) is 19.6 Å². The van der Waals surface area contributed by atoms with Crippen LogP contribution in [-0.4, -0.2) is 31.5 Å². The maximum Gasteiger partial charge on any atom is 0.241 e. The van der Waals surface area contributed by atoms with Crippen molar-refractivity contribution < 1.29 is 12.8 Å². The minimum Gasteiger partial charge on any atom is -0.357 e. The van der Waals surface area contributed by atoms with Gasteiger partial charge in [0.25, 0.3) is 0 Å². The van der Waals surface area contributed by atoms with E-state index >= 15 is 0 Å². The first-order valence-electron chi connectivity index (χ1n) is 7.89. The summed E-state index contributed by atoms with van der Waals surface area (Å²) < 4.78 is 40.3. The fourth-order valence-corrected chi connectivity index (χ4v) is 3.94. The van der Waals surface area contributed by atoms with E-state index in [-0.39, 0.29) is 16.5 Å². The van der Waals surface area contributed by atoms with Gasteiger partial charge in [-0.15, -0.1) is 0 Å². The zero-order valence-electron chi connectivity index (χ0n) is 13.7. The minimum atomic E-state index is -3.84. The van der Waals surface area contributed by atoms with Gasteiger partial charge < -0.3 is 4.90 Å². The fourth-order valence-electron chi connectivity index (χ4n) is 2.69. The molecule has 9 heteroatoms. The maximum atomic E-state index is 13.2. The van der Waals surface area contributed by atoms with E-state index in [1.807, 2.05) is 13.0 Å². The summed E-state index contributed by atoms with van der Waals surface area (Å²) in [5, 5.41) is -0.244. The van der Waals surface area contributed by atoms with E-state index in [1.165, 1.54) is 0 Å². The molecule has 1 aromatic carbocycles. The summed E-state index contributed by atoms with van der Waals surface area (Å²) in [6, 6.07) is 5.15. The van der Waals surface area contributed by atoms with Crippen LogP contribution >= 0.6 is 11.6 Å². The van der Waals surface area contributed by atoms with Crippen molar-refractivity contribution in [3.63, 3.8) is 0 Å². The molecule has 1 N–H and O–H groups in total. The van der Waals surface area contributed by atoms with Gasteiger partial charge in [0.05, 0.1) is 16.5 Å². The van der Waals surface area contributed by atoms with Gasteiger partial charge in [-0.25, -0.2) is 27.5 Å². The van der Waals surface area contributed by atoms with Crippen molar-refractivity contribution >= 4 is 27.4 Å². The third kappa shape index (κ3) is 4.26. The highest BCUT2D eigenvalue weighted by molar-refractivity contribution is 7.89. The zero-order valence-corrected chi connectivity index (χ0v) is 15.2. The van der Waals surface area contributed by atoms with Crippen molar-refractivity contribution in [1.29, 1.82) is 0 Å². The molecule has 1 fully saturated rings. The number of nitrogens with zero attached hydrogens (tertiary/aromatic N) is 3. The summed E-state index contributed by atoms with van der Waals surface area (Å²) in [5.41, 5.74) is 0.774. The number of rotatable bonds is 5. The molecule has 2 heterocycles. The van der Waals surface area contributed by atoms with Crippen LogP contribution in [0.15, 0.2) is 29.2 Å². The van der Waals surface area contributed by atoms with Gasteiger partial charge in [-0.2, -0.15) is 0 Å². The second-order valence-electron chi connectivity index (χ2n) is 5.88. The van der Waals surface area contributed by atoms with Crippen LogP contribution in [-0.2, 0) is 16.6 Å². The molecule has 0 aliphatic carbocycles. The van der Waals surface area contributed by atoms with Crippen molar-refractivity contribution in [2.24, 2.45) is 0 Å². The van der Waals surface area contributed by atoms with Crippen LogP contribution in [0.25, 0.3) is 0 Å². The smallest absolute Gasteiger partial charge is 0.241 e. The Kier molecular flexibility index (Phi) is 5.21. The molecule has 0 unspecified atom stereocenters. The molecule has 1 aromatic heterocycles. The average Bonchev–Trinajstić information content (AvgIpc) is 3.09. The minimum absolute atomic E-state index is 0.0557. The summed E-state index contributed by atoms with van der Waals surface area (Å²) in [6.45, 7) is 3.67. The Labute approximate surface area is 151 Å². The molecular formula is C16H18ClFN4O2S. The zero-order chi connectivity index (χ0) is 18.0. The van der Waals surface area contributed by atoms with Crippen LogP contribution < -0.4 is 9.62 Å². The second kappa shape index (κ2) is 7.23. The topological polar surface area (TPSA) is 75.2 Å². The number of hydrogen-bond donors (Lipinski definition) is 1. The van der Waals surface area contributed by atoms with Crippen LogP contribution in [0.5, 0.6) is 0 Å². The van der Waals surface area contributed by atoms with Crippen LogP contribution in [0.4, 0.5) is 10.2 Å². The van der Waals surface area contributed by atoms with Crippen LogP contribution in [0.1, 0.15) is 24.4 Å². The van der Waals surface area contributed by atoms with Gasteiger partial charge in [0.1, 0.15) is 17.5 Å². The van der Waals surface area contributed by atoms with Crippen molar-refractivity contribution in [3.8, 4) is 0 Å². The Morgan fingerprint density at radius 3 is 2.64 bits per heavy atom. The van der Waals surface area contributed by atoms with Crippen LogP contribution in [0.3, 0.4) is 0 Å². The SMILES string of the molecule is Cc1cc(N2CCCC2)nc(CNS(=O)(=O)c2ccc(F)c(Cl)c2)n1. The van der Waals surface area contributed by atoms with Gasteiger partial charge in [-0.3, -0.25) is 0 Å². The molecule has 1 aliphatic rings.